The van der Waals surface area contributed by atoms with E-state index in [2.05, 4.69) is 78.6 Å². The van der Waals surface area contributed by atoms with Crippen LogP contribution in [0.2, 0.25) is 0 Å². The van der Waals surface area contributed by atoms with Gasteiger partial charge < -0.3 is 4.42 Å². The minimum atomic E-state index is -0.155. The van der Waals surface area contributed by atoms with Gasteiger partial charge in [0.05, 0.1) is 11.8 Å². The monoisotopic (exact) mass is 303 g/mol. The fraction of sp³-hybridized carbons (Fsp3) is 0.238. The van der Waals surface area contributed by atoms with Crippen molar-refractivity contribution in [2.75, 3.05) is 6.54 Å². The Balaban J connectivity index is 1.79. The SMILES string of the molecule is CC1(c2ccccc2)c2ccoc2CCN1Cc1ccccc1. The molecule has 2 heterocycles. The molecule has 1 aliphatic rings. The zero-order valence-electron chi connectivity index (χ0n) is 13.4. The zero-order valence-corrected chi connectivity index (χ0v) is 13.4. The van der Waals surface area contributed by atoms with Crippen molar-refractivity contribution >= 4 is 0 Å². The molecule has 0 fully saturated rings. The summed E-state index contributed by atoms with van der Waals surface area (Å²) in [6.07, 6.45) is 2.80. The summed E-state index contributed by atoms with van der Waals surface area (Å²) in [5, 5.41) is 0. The summed E-state index contributed by atoms with van der Waals surface area (Å²) >= 11 is 0. The lowest BCUT2D eigenvalue weighted by atomic mass is 9.79. The molecule has 4 rings (SSSR count). The Hall–Kier alpha value is -2.32. The van der Waals surface area contributed by atoms with E-state index in [0.717, 1.165) is 25.3 Å². The summed E-state index contributed by atoms with van der Waals surface area (Å²) in [7, 11) is 0. The molecule has 0 amide bonds. The molecule has 0 spiro atoms. The molecule has 3 aromatic rings. The van der Waals surface area contributed by atoms with Gasteiger partial charge in [-0.1, -0.05) is 60.7 Å². The van der Waals surface area contributed by atoms with Crippen molar-refractivity contribution in [3.05, 3.63) is 95.4 Å². The molecule has 1 atom stereocenters. The van der Waals surface area contributed by atoms with Crippen molar-refractivity contribution in [3.63, 3.8) is 0 Å². The molecule has 2 heteroatoms. The molecule has 0 saturated heterocycles. The van der Waals surface area contributed by atoms with E-state index in [0.29, 0.717) is 0 Å². The van der Waals surface area contributed by atoms with Crippen molar-refractivity contribution in [1.82, 2.24) is 4.90 Å². The average molecular weight is 303 g/mol. The Morgan fingerprint density at radius 1 is 0.957 bits per heavy atom. The Morgan fingerprint density at radius 2 is 1.65 bits per heavy atom. The van der Waals surface area contributed by atoms with Gasteiger partial charge in [0.25, 0.3) is 0 Å². The normalized spacial score (nSPS) is 21.1. The molecule has 0 N–H and O–H groups in total. The van der Waals surface area contributed by atoms with Gasteiger partial charge >= 0.3 is 0 Å². The number of rotatable bonds is 3. The van der Waals surface area contributed by atoms with Gasteiger partial charge in [-0.25, -0.2) is 0 Å². The first kappa shape index (κ1) is 14.3. The maximum Gasteiger partial charge on any atom is 0.110 e. The maximum absolute atomic E-state index is 5.74. The number of fused-ring (bicyclic) bond motifs is 1. The molecule has 0 saturated carbocycles. The third-order valence-electron chi connectivity index (χ3n) is 5.06. The lowest BCUT2D eigenvalue weighted by molar-refractivity contribution is 0.111. The number of furan rings is 1. The van der Waals surface area contributed by atoms with Crippen molar-refractivity contribution < 1.29 is 4.42 Å². The van der Waals surface area contributed by atoms with E-state index < -0.39 is 0 Å². The summed E-state index contributed by atoms with van der Waals surface area (Å²) in [6.45, 7) is 4.26. The Morgan fingerprint density at radius 3 is 2.39 bits per heavy atom. The summed E-state index contributed by atoms with van der Waals surface area (Å²) in [6, 6.07) is 23.6. The van der Waals surface area contributed by atoms with E-state index in [1.165, 1.54) is 16.7 Å². The molecule has 2 aromatic carbocycles. The van der Waals surface area contributed by atoms with Gasteiger partial charge in [-0.2, -0.15) is 0 Å². The van der Waals surface area contributed by atoms with Crippen LogP contribution < -0.4 is 0 Å². The molecule has 23 heavy (non-hydrogen) atoms. The zero-order chi connectivity index (χ0) is 15.7. The molecular formula is C21H21NO. The Labute approximate surface area is 137 Å². The minimum Gasteiger partial charge on any atom is -0.469 e. The third kappa shape index (κ3) is 2.40. The molecule has 116 valence electrons. The molecule has 1 unspecified atom stereocenters. The standard InChI is InChI=1S/C21H21NO/c1-21(18-10-6-3-7-11-18)19-13-15-23-20(19)12-14-22(21)16-17-8-4-2-5-9-17/h2-11,13,15H,12,14,16H2,1H3. The van der Waals surface area contributed by atoms with Crippen LogP contribution in [0.1, 0.15) is 29.4 Å². The lowest BCUT2D eigenvalue weighted by Crippen LogP contribution is -2.48. The molecule has 0 aliphatic carbocycles. The summed E-state index contributed by atoms with van der Waals surface area (Å²) in [5.41, 5.74) is 3.81. The third-order valence-corrected chi connectivity index (χ3v) is 5.06. The van der Waals surface area contributed by atoms with Crippen molar-refractivity contribution in [3.8, 4) is 0 Å². The van der Waals surface area contributed by atoms with Crippen LogP contribution >= 0.6 is 0 Å². The number of hydrogen-bond donors (Lipinski definition) is 0. The quantitative estimate of drug-likeness (QED) is 0.703. The van der Waals surface area contributed by atoms with E-state index in [9.17, 15) is 0 Å². The van der Waals surface area contributed by atoms with Gasteiger partial charge in [0.15, 0.2) is 0 Å². The van der Waals surface area contributed by atoms with Gasteiger partial charge in [-0.15, -0.1) is 0 Å². The molecule has 1 aliphatic heterocycles. The van der Waals surface area contributed by atoms with Crippen molar-refractivity contribution in [1.29, 1.82) is 0 Å². The van der Waals surface area contributed by atoms with Crippen LogP contribution in [0.25, 0.3) is 0 Å². The van der Waals surface area contributed by atoms with Crippen molar-refractivity contribution in [2.24, 2.45) is 0 Å². The van der Waals surface area contributed by atoms with Crippen molar-refractivity contribution in [2.45, 2.75) is 25.4 Å². The largest absolute Gasteiger partial charge is 0.469 e. The van der Waals surface area contributed by atoms with Crippen LogP contribution in [-0.4, -0.2) is 11.4 Å². The van der Waals surface area contributed by atoms with Gasteiger partial charge in [0.1, 0.15) is 5.76 Å². The highest BCUT2D eigenvalue weighted by Gasteiger charge is 2.41. The second-order valence-corrected chi connectivity index (χ2v) is 6.35. The summed E-state index contributed by atoms with van der Waals surface area (Å²) in [4.78, 5) is 2.56. The van der Waals surface area contributed by atoms with Crippen LogP contribution in [0.5, 0.6) is 0 Å². The van der Waals surface area contributed by atoms with E-state index >= 15 is 0 Å². The first-order valence-corrected chi connectivity index (χ1v) is 8.20. The number of benzene rings is 2. The smallest absolute Gasteiger partial charge is 0.110 e. The highest BCUT2D eigenvalue weighted by Crippen LogP contribution is 2.42. The molecule has 0 radical (unpaired) electrons. The van der Waals surface area contributed by atoms with Crippen LogP contribution in [-0.2, 0) is 18.5 Å². The van der Waals surface area contributed by atoms with E-state index in [4.69, 9.17) is 4.42 Å². The second-order valence-electron chi connectivity index (χ2n) is 6.35. The van der Waals surface area contributed by atoms with Crippen LogP contribution in [0.15, 0.2) is 77.4 Å². The van der Waals surface area contributed by atoms with Crippen LogP contribution in [0.4, 0.5) is 0 Å². The fourth-order valence-electron chi connectivity index (χ4n) is 3.74. The predicted molar refractivity (Wildman–Crippen MR) is 92.2 cm³/mol. The Bertz CT molecular complexity index is 778. The lowest BCUT2D eigenvalue weighted by Gasteiger charge is -2.45. The first-order valence-electron chi connectivity index (χ1n) is 8.20. The van der Waals surface area contributed by atoms with E-state index in [1.807, 2.05) is 6.26 Å². The van der Waals surface area contributed by atoms with Crippen LogP contribution in [0, 0.1) is 0 Å². The highest BCUT2D eigenvalue weighted by atomic mass is 16.3. The molecule has 2 nitrogen and oxygen atoms in total. The van der Waals surface area contributed by atoms with Crippen LogP contribution in [0.3, 0.4) is 0 Å². The first-order chi connectivity index (χ1) is 11.3. The number of nitrogens with zero attached hydrogens (tertiary/aromatic N) is 1. The molecule has 1 aromatic heterocycles. The molecular weight excluding hydrogens is 282 g/mol. The Kier molecular flexibility index (Phi) is 3.55. The summed E-state index contributed by atoms with van der Waals surface area (Å²) in [5.74, 6) is 1.13. The highest BCUT2D eigenvalue weighted by molar-refractivity contribution is 5.41. The maximum atomic E-state index is 5.74. The second kappa shape index (κ2) is 5.71. The van der Waals surface area contributed by atoms with E-state index in [-0.39, 0.29) is 5.54 Å². The van der Waals surface area contributed by atoms with E-state index in [1.54, 1.807) is 0 Å². The summed E-state index contributed by atoms with van der Waals surface area (Å²) < 4.78 is 5.74. The molecule has 0 bridgehead atoms. The van der Waals surface area contributed by atoms with Gasteiger partial charge in [-0.3, -0.25) is 4.90 Å². The number of hydrogen-bond acceptors (Lipinski definition) is 2. The fourth-order valence-corrected chi connectivity index (χ4v) is 3.74. The van der Waals surface area contributed by atoms with Gasteiger partial charge in [-0.05, 0) is 24.1 Å². The predicted octanol–water partition coefficient (Wildman–Crippen LogP) is 4.60. The minimum absolute atomic E-state index is 0.155. The van der Waals surface area contributed by atoms with Gasteiger partial charge in [0, 0.05) is 25.1 Å². The average Bonchev–Trinajstić information content (AvgIpc) is 3.09. The van der Waals surface area contributed by atoms with Gasteiger partial charge in [0.2, 0.25) is 0 Å². The topological polar surface area (TPSA) is 16.4 Å².